The van der Waals surface area contributed by atoms with Crippen LogP contribution in [0.25, 0.3) is 0 Å². The van der Waals surface area contributed by atoms with E-state index in [1.54, 1.807) is 31.2 Å². The van der Waals surface area contributed by atoms with Gasteiger partial charge in [0, 0.05) is 35.8 Å². The van der Waals surface area contributed by atoms with Crippen molar-refractivity contribution < 1.29 is 22.8 Å². The monoisotopic (exact) mass is 419 g/mol. The highest BCUT2D eigenvalue weighted by molar-refractivity contribution is 5.64. The van der Waals surface area contributed by atoms with Gasteiger partial charge in [-0.05, 0) is 31.2 Å². The fourth-order valence-corrected chi connectivity index (χ4v) is 2.51. The molecule has 0 amide bonds. The number of hydrogen-bond donors (Lipinski definition) is 2. The fraction of sp³-hybridized carbons (Fsp3) is 0.158. The van der Waals surface area contributed by atoms with E-state index in [0.29, 0.717) is 29.9 Å². The molecular formula is C19H16F3N5O3. The lowest BCUT2D eigenvalue weighted by Gasteiger charge is -2.15. The molecular weight excluding hydrogens is 403 g/mol. The van der Waals surface area contributed by atoms with Crippen LogP contribution in [-0.2, 0) is 6.18 Å². The van der Waals surface area contributed by atoms with E-state index in [9.17, 15) is 23.3 Å². The number of alkyl halides is 3. The maximum Gasteiger partial charge on any atom is 0.421 e. The average Bonchev–Trinajstić information content (AvgIpc) is 2.68. The first-order valence-corrected chi connectivity index (χ1v) is 8.72. The van der Waals surface area contributed by atoms with Crippen molar-refractivity contribution in [3.63, 3.8) is 0 Å². The quantitative estimate of drug-likeness (QED) is 0.396. The number of hydrogen-bond acceptors (Lipinski definition) is 7. The predicted molar refractivity (Wildman–Crippen MR) is 104 cm³/mol. The van der Waals surface area contributed by atoms with Crippen molar-refractivity contribution in [1.29, 1.82) is 0 Å². The molecule has 0 bridgehead atoms. The predicted octanol–water partition coefficient (Wildman–Crippen LogP) is 5.29. The summed E-state index contributed by atoms with van der Waals surface area (Å²) in [6.07, 6.45) is -4.01. The summed E-state index contributed by atoms with van der Waals surface area (Å²) < 4.78 is 45.6. The standard InChI is InChI=1S/C19H16F3N5O3/c1-2-30-15-5-3-4-13(10-15)24-17-16(19(20,21)22)11-23-18(26-17)25-12-6-8-14(9-7-12)27(28)29/h3-11H,2H2,1H3,(H2,23,24,25,26). The molecule has 1 heterocycles. The highest BCUT2D eigenvalue weighted by Gasteiger charge is 2.35. The minimum atomic E-state index is -4.67. The van der Waals surface area contributed by atoms with Crippen LogP contribution in [0, 0.1) is 10.1 Å². The van der Waals surface area contributed by atoms with Gasteiger partial charge in [-0.15, -0.1) is 0 Å². The fourth-order valence-electron chi connectivity index (χ4n) is 2.51. The molecule has 0 saturated heterocycles. The number of non-ortho nitro benzene ring substituents is 1. The molecule has 0 unspecified atom stereocenters. The molecule has 0 aliphatic heterocycles. The van der Waals surface area contributed by atoms with Gasteiger partial charge in [0.2, 0.25) is 5.95 Å². The zero-order chi connectivity index (χ0) is 21.7. The minimum Gasteiger partial charge on any atom is -0.494 e. The summed E-state index contributed by atoms with van der Waals surface area (Å²) in [4.78, 5) is 17.8. The van der Waals surface area contributed by atoms with Gasteiger partial charge in [-0.2, -0.15) is 18.2 Å². The van der Waals surface area contributed by atoms with Crippen molar-refractivity contribution >= 4 is 28.8 Å². The molecule has 1 aromatic heterocycles. The van der Waals surface area contributed by atoms with Crippen LogP contribution in [0.3, 0.4) is 0 Å². The van der Waals surface area contributed by atoms with E-state index in [2.05, 4.69) is 20.6 Å². The van der Waals surface area contributed by atoms with Crippen molar-refractivity contribution in [1.82, 2.24) is 9.97 Å². The molecule has 0 saturated carbocycles. The highest BCUT2D eigenvalue weighted by Crippen LogP contribution is 2.35. The van der Waals surface area contributed by atoms with E-state index in [1.165, 1.54) is 24.3 Å². The maximum absolute atomic E-state index is 13.4. The second kappa shape index (κ2) is 8.64. The lowest BCUT2D eigenvalue weighted by atomic mass is 10.2. The van der Waals surface area contributed by atoms with Gasteiger partial charge in [0.15, 0.2) is 0 Å². The zero-order valence-corrected chi connectivity index (χ0v) is 15.6. The van der Waals surface area contributed by atoms with Crippen LogP contribution in [0.2, 0.25) is 0 Å². The summed E-state index contributed by atoms with van der Waals surface area (Å²) in [7, 11) is 0. The summed E-state index contributed by atoms with van der Waals surface area (Å²) in [5.41, 5.74) is -0.430. The first-order valence-electron chi connectivity index (χ1n) is 8.72. The molecule has 3 aromatic rings. The summed E-state index contributed by atoms with van der Waals surface area (Å²) >= 11 is 0. The molecule has 156 valence electrons. The smallest absolute Gasteiger partial charge is 0.421 e. The molecule has 0 aliphatic carbocycles. The van der Waals surface area contributed by atoms with E-state index in [-0.39, 0.29) is 11.6 Å². The van der Waals surface area contributed by atoms with Crippen molar-refractivity contribution in [2.75, 3.05) is 17.2 Å². The Balaban J connectivity index is 1.90. The number of halogens is 3. The topological polar surface area (TPSA) is 102 Å². The normalized spacial score (nSPS) is 11.1. The lowest BCUT2D eigenvalue weighted by Crippen LogP contribution is -2.12. The molecule has 11 heteroatoms. The largest absolute Gasteiger partial charge is 0.494 e. The van der Waals surface area contributed by atoms with Gasteiger partial charge < -0.3 is 15.4 Å². The number of nitro groups is 1. The zero-order valence-electron chi connectivity index (χ0n) is 15.6. The molecule has 0 atom stereocenters. The first-order chi connectivity index (χ1) is 14.3. The van der Waals surface area contributed by atoms with Crippen LogP contribution in [0.15, 0.2) is 54.7 Å². The number of benzene rings is 2. The Labute approximate surface area is 168 Å². The Morgan fingerprint density at radius 3 is 2.47 bits per heavy atom. The molecule has 0 radical (unpaired) electrons. The van der Waals surface area contributed by atoms with Crippen molar-refractivity contribution in [3.8, 4) is 5.75 Å². The van der Waals surface area contributed by atoms with Gasteiger partial charge in [-0.1, -0.05) is 6.07 Å². The summed E-state index contributed by atoms with van der Waals surface area (Å²) in [5.74, 6) is -0.0646. The van der Waals surface area contributed by atoms with Crippen LogP contribution in [0.4, 0.5) is 42.0 Å². The van der Waals surface area contributed by atoms with Gasteiger partial charge in [-0.25, -0.2) is 4.98 Å². The third kappa shape index (κ3) is 5.13. The van der Waals surface area contributed by atoms with Gasteiger partial charge in [0.1, 0.15) is 17.1 Å². The van der Waals surface area contributed by atoms with Gasteiger partial charge >= 0.3 is 6.18 Å². The second-order valence-electron chi connectivity index (χ2n) is 5.97. The van der Waals surface area contributed by atoms with Gasteiger partial charge in [0.25, 0.3) is 5.69 Å². The van der Waals surface area contributed by atoms with Crippen LogP contribution in [-0.4, -0.2) is 21.5 Å². The van der Waals surface area contributed by atoms with E-state index in [0.717, 1.165) is 0 Å². The summed E-state index contributed by atoms with van der Waals surface area (Å²) in [5, 5.41) is 16.1. The molecule has 0 aliphatic rings. The summed E-state index contributed by atoms with van der Waals surface area (Å²) in [6, 6.07) is 11.8. The Kier molecular flexibility index (Phi) is 6.00. The lowest BCUT2D eigenvalue weighted by molar-refractivity contribution is -0.384. The number of nitro benzene ring substituents is 1. The number of nitrogens with one attached hydrogen (secondary N) is 2. The number of nitrogens with zero attached hydrogens (tertiary/aromatic N) is 3. The Morgan fingerprint density at radius 2 is 1.83 bits per heavy atom. The van der Waals surface area contributed by atoms with Crippen LogP contribution < -0.4 is 15.4 Å². The highest BCUT2D eigenvalue weighted by atomic mass is 19.4. The maximum atomic E-state index is 13.4. The SMILES string of the molecule is CCOc1cccc(Nc2nc(Nc3ccc([N+](=O)[O-])cc3)ncc2C(F)(F)F)c1. The Bertz CT molecular complexity index is 1040. The molecule has 30 heavy (non-hydrogen) atoms. The minimum absolute atomic E-state index is 0.111. The molecule has 8 nitrogen and oxygen atoms in total. The van der Waals surface area contributed by atoms with E-state index < -0.39 is 22.5 Å². The average molecular weight is 419 g/mol. The molecule has 0 spiro atoms. The number of anilines is 4. The second-order valence-corrected chi connectivity index (χ2v) is 5.97. The van der Waals surface area contributed by atoms with Gasteiger partial charge in [-0.3, -0.25) is 10.1 Å². The Hall–Kier alpha value is -3.89. The van der Waals surface area contributed by atoms with Crippen LogP contribution >= 0.6 is 0 Å². The van der Waals surface area contributed by atoms with E-state index in [4.69, 9.17) is 4.74 Å². The third-order valence-corrected chi connectivity index (χ3v) is 3.84. The van der Waals surface area contributed by atoms with Crippen molar-refractivity contribution in [2.24, 2.45) is 0 Å². The molecule has 0 fully saturated rings. The molecule has 2 aromatic carbocycles. The van der Waals surface area contributed by atoms with Crippen molar-refractivity contribution in [3.05, 3.63) is 70.4 Å². The number of ether oxygens (including phenoxy) is 1. The summed E-state index contributed by atoms with van der Waals surface area (Å²) in [6.45, 7) is 2.20. The molecule has 3 rings (SSSR count). The first kappa shape index (κ1) is 20.8. The van der Waals surface area contributed by atoms with Gasteiger partial charge in [0.05, 0.1) is 11.5 Å². The Morgan fingerprint density at radius 1 is 1.10 bits per heavy atom. The van der Waals surface area contributed by atoms with Crippen LogP contribution in [0.1, 0.15) is 12.5 Å². The third-order valence-electron chi connectivity index (χ3n) is 3.84. The van der Waals surface area contributed by atoms with E-state index in [1.807, 2.05) is 0 Å². The van der Waals surface area contributed by atoms with E-state index >= 15 is 0 Å². The van der Waals surface area contributed by atoms with Crippen LogP contribution in [0.5, 0.6) is 5.75 Å². The number of rotatable bonds is 7. The van der Waals surface area contributed by atoms with Crippen molar-refractivity contribution in [2.45, 2.75) is 13.1 Å². The number of aromatic nitrogens is 2. The molecule has 2 N–H and O–H groups in total.